The summed E-state index contributed by atoms with van der Waals surface area (Å²) in [4.78, 5) is 21.4. The highest BCUT2D eigenvalue weighted by molar-refractivity contribution is 6.27. The van der Waals surface area contributed by atoms with E-state index in [0.717, 1.165) is 0 Å². The van der Waals surface area contributed by atoms with Gasteiger partial charge in [-0.05, 0) is 0 Å². The third kappa shape index (κ3) is 2.08. The third-order valence-electron chi connectivity index (χ3n) is 1.39. The van der Waals surface area contributed by atoms with Crippen molar-refractivity contribution in [1.82, 2.24) is 5.32 Å². The fourth-order valence-electron chi connectivity index (χ4n) is 0.860. The molecule has 0 spiro atoms. The number of rotatable bonds is 2. The van der Waals surface area contributed by atoms with Crippen LogP contribution in [-0.2, 0) is 14.3 Å². The molecule has 0 aromatic heterocycles. The van der Waals surface area contributed by atoms with Crippen molar-refractivity contribution in [2.75, 3.05) is 12.5 Å². The van der Waals surface area contributed by atoms with Gasteiger partial charge in [-0.15, -0.1) is 11.6 Å². The van der Waals surface area contributed by atoms with E-state index in [4.69, 9.17) is 11.6 Å². The van der Waals surface area contributed by atoms with Gasteiger partial charge in [0.15, 0.2) is 0 Å². The molecule has 62 valence electrons. The van der Waals surface area contributed by atoms with Crippen molar-refractivity contribution in [1.29, 1.82) is 0 Å². The molecule has 1 heterocycles. The first-order valence-electron chi connectivity index (χ1n) is 3.26. The first kappa shape index (κ1) is 8.33. The quantitative estimate of drug-likeness (QED) is 0.464. The number of carbonyl (C=O) groups is 2. The van der Waals surface area contributed by atoms with E-state index in [1.54, 1.807) is 0 Å². The monoisotopic (exact) mass is 177 g/mol. The van der Waals surface area contributed by atoms with Crippen molar-refractivity contribution < 1.29 is 14.3 Å². The number of ether oxygens (including phenoxy) is 1. The molecule has 11 heavy (non-hydrogen) atoms. The van der Waals surface area contributed by atoms with Gasteiger partial charge in [-0.25, -0.2) is 4.79 Å². The zero-order chi connectivity index (χ0) is 8.27. The van der Waals surface area contributed by atoms with Crippen molar-refractivity contribution in [2.45, 2.75) is 12.5 Å². The average Bonchev–Trinajstić information content (AvgIpc) is 2.37. The predicted molar refractivity (Wildman–Crippen MR) is 38.2 cm³/mol. The van der Waals surface area contributed by atoms with E-state index in [1.165, 1.54) is 0 Å². The average molecular weight is 178 g/mol. The molecule has 1 fully saturated rings. The summed E-state index contributed by atoms with van der Waals surface area (Å²) < 4.78 is 4.61. The molecule has 0 aromatic carbocycles. The molecule has 1 aliphatic heterocycles. The van der Waals surface area contributed by atoms with E-state index in [2.05, 4.69) is 10.1 Å². The van der Waals surface area contributed by atoms with Crippen LogP contribution in [0.1, 0.15) is 6.42 Å². The Balaban J connectivity index is 2.36. The highest BCUT2D eigenvalue weighted by Gasteiger charge is 2.27. The van der Waals surface area contributed by atoms with Crippen molar-refractivity contribution in [3.05, 3.63) is 0 Å². The van der Waals surface area contributed by atoms with Crippen molar-refractivity contribution in [3.8, 4) is 0 Å². The van der Waals surface area contributed by atoms with Gasteiger partial charge < -0.3 is 10.1 Å². The Hall–Kier alpha value is -0.770. The molecule has 1 aliphatic rings. The van der Waals surface area contributed by atoms with Crippen LogP contribution in [0.2, 0.25) is 0 Å². The number of amides is 1. The topological polar surface area (TPSA) is 55.4 Å². The minimum absolute atomic E-state index is 0.121. The molecule has 1 saturated heterocycles. The van der Waals surface area contributed by atoms with Crippen LogP contribution in [0.25, 0.3) is 0 Å². The number of hydrogen-bond donors (Lipinski definition) is 1. The van der Waals surface area contributed by atoms with E-state index in [1.807, 2.05) is 0 Å². The van der Waals surface area contributed by atoms with E-state index < -0.39 is 6.04 Å². The van der Waals surface area contributed by atoms with Crippen LogP contribution in [0.5, 0.6) is 0 Å². The predicted octanol–water partition coefficient (Wildman–Crippen LogP) is -0.343. The lowest BCUT2D eigenvalue weighted by molar-refractivity contribution is -0.141. The third-order valence-corrected chi connectivity index (χ3v) is 1.63. The molecular weight excluding hydrogens is 170 g/mol. The van der Waals surface area contributed by atoms with Crippen molar-refractivity contribution in [2.24, 2.45) is 0 Å². The highest BCUT2D eigenvalue weighted by Crippen LogP contribution is 2.05. The Kier molecular flexibility index (Phi) is 2.70. The number of nitrogens with one attached hydrogen (secondary N) is 1. The summed E-state index contributed by atoms with van der Waals surface area (Å²) in [6, 6.07) is -0.485. The van der Waals surface area contributed by atoms with Crippen LogP contribution in [0, 0.1) is 0 Å². The number of carbonyl (C=O) groups excluding carboxylic acids is 2. The van der Waals surface area contributed by atoms with Gasteiger partial charge in [-0.2, -0.15) is 0 Å². The van der Waals surface area contributed by atoms with Crippen LogP contribution in [0.3, 0.4) is 0 Å². The van der Waals surface area contributed by atoms with E-state index in [-0.39, 0.29) is 17.8 Å². The Morgan fingerprint density at radius 3 is 3.00 bits per heavy atom. The van der Waals surface area contributed by atoms with E-state index in [9.17, 15) is 9.59 Å². The molecule has 0 aliphatic carbocycles. The molecule has 5 heteroatoms. The van der Waals surface area contributed by atoms with Gasteiger partial charge in [-0.3, -0.25) is 4.79 Å². The van der Waals surface area contributed by atoms with Gasteiger partial charge in [0, 0.05) is 6.42 Å². The van der Waals surface area contributed by atoms with Gasteiger partial charge in [0.05, 0.1) is 6.61 Å². The largest absolute Gasteiger partial charge is 0.464 e. The number of esters is 1. The molecule has 1 unspecified atom stereocenters. The maximum absolute atomic E-state index is 10.7. The standard InChI is InChI=1S/C6H8ClNO3/c7-3-5(9)8-4-1-2-11-6(4)10/h4H,1-3H2,(H,8,9). The minimum Gasteiger partial charge on any atom is -0.464 e. The summed E-state index contributed by atoms with van der Waals surface area (Å²) in [5.41, 5.74) is 0. The molecule has 0 bridgehead atoms. The highest BCUT2D eigenvalue weighted by atomic mass is 35.5. The molecule has 1 atom stereocenters. The summed E-state index contributed by atoms with van der Waals surface area (Å²) in [6.45, 7) is 0.381. The number of hydrogen-bond acceptors (Lipinski definition) is 3. The zero-order valence-electron chi connectivity index (χ0n) is 5.80. The lowest BCUT2D eigenvalue weighted by Gasteiger charge is -2.05. The van der Waals surface area contributed by atoms with Crippen molar-refractivity contribution >= 4 is 23.5 Å². The van der Waals surface area contributed by atoms with Gasteiger partial charge in [-0.1, -0.05) is 0 Å². The molecule has 1 N–H and O–H groups in total. The second-order valence-corrected chi connectivity index (χ2v) is 2.48. The lowest BCUT2D eigenvalue weighted by Crippen LogP contribution is -2.38. The number of cyclic esters (lactones) is 1. The minimum atomic E-state index is -0.485. The molecule has 0 saturated carbocycles. The Morgan fingerprint density at radius 1 is 1.82 bits per heavy atom. The van der Waals surface area contributed by atoms with Crippen LogP contribution in [0.15, 0.2) is 0 Å². The summed E-state index contributed by atoms with van der Waals surface area (Å²) in [6.07, 6.45) is 0.543. The van der Waals surface area contributed by atoms with Gasteiger partial charge in [0.25, 0.3) is 0 Å². The fraction of sp³-hybridized carbons (Fsp3) is 0.667. The smallest absolute Gasteiger partial charge is 0.328 e. The summed E-state index contributed by atoms with van der Waals surface area (Å²) in [5.74, 6) is -0.831. The Labute approximate surface area is 68.8 Å². The summed E-state index contributed by atoms with van der Waals surface area (Å²) in [7, 11) is 0. The molecule has 0 radical (unpaired) electrons. The van der Waals surface area contributed by atoms with Crippen molar-refractivity contribution in [3.63, 3.8) is 0 Å². The first-order valence-corrected chi connectivity index (χ1v) is 3.79. The molecule has 4 nitrogen and oxygen atoms in total. The second kappa shape index (κ2) is 3.57. The molecule has 1 rings (SSSR count). The second-order valence-electron chi connectivity index (χ2n) is 2.21. The van der Waals surface area contributed by atoms with Crippen LogP contribution >= 0.6 is 11.6 Å². The maximum atomic E-state index is 10.7. The van der Waals surface area contributed by atoms with Crippen LogP contribution in [-0.4, -0.2) is 30.4 Å². The van der Waals surface area contributed by atoms with Gasteiger partial charge >= 0.3 is 5.97 Å². The Bertz CT molecular complexity index is 183. The van der Waals surface area contributed by atoms with Gasteiger partial charge in [0.2, 0.25) is 5.91 Å². The normalized spacial score (nSPS) is 23.0. The van der Waals surface area contributed by atoms with Crippen LogP contribution in [0.4, 0.5) is 0 Å². The number of alkyl halides is 1. The molecule has 0 aromatic rings. The SMILES string of the molecule is O=C(CCl)NC1CCOC1=O. The summed E-state index contributed by atoms with van der Waals surface area (Å²) >= 11 is 5.21. The maximum Gasteiger partial charge on any atom is 0.328 e. The van der Waals surface area contributed by atoms with E-state index in [0.29, 0.717) is 13.0 Å². The van der Waals surface area contributed by atoms with E-state index >= 15 is 0 Å². The molecular formula is C6H8ClNO3. The van der Waals surface area contributed by atoms with Gasteiger partial charge in [0.1, 0.15) is 11.9 Å². The fourth-order valence-corrected chi connectivity index (χ4v) is 0.937. The zero-order valence-corrected chi connectivity index (χ0v) is 6.56. The lowest BCUT2D eigenvalue weighted by atomic mass is 10.2. The first-order chi connectivity index (χ1) is 5.24. The Morgan fingerprint density at radius 2 is 2.55 bits per heavy atom. The summed E-state index contributed by atoms with van der Waals surface area (Å²) in [5, 5.41) is 2.43. The van der Waals surface area contributed by atoms with Crippen LogP contribution < -0.4 is 5.32 Å². The number of halogens is 1. The molecule has 1 amide bonds.